The van der Waals surface area contributed by atoms with Crippen molar-refractivity contribution in [3.63, 3.8) is 0 Å². The first kappa shape index (κ1) is 13.9. The van der Waals surface area contributed by atoms with Gasteiger partial charge < -0.3 is 15.4 Å². The van der Waals surface area contributed by atoms with Gasteiger partial charge in [-0.1, -0.05) is 13.8 Å². The van der Waals surface area contributed by atoms with E-state index in [4.69, 9.17) is 4.74 Å². The van der Waals surface area contributed by atoms with Gasteiger partial charge in [-0.2, -0.15) is 0 Å². The molecule has 3 nitrogen and oxygen atoms in total. The van der Waals surface area contributed by atoms with Gasteiger partial charge in [0.05, 0.1) is 6.10 Å². The Morgan fingerprint density at radius 1 is 1.19 bits per heavy atom. The smallest absolute Gasteiger partial charge is 0.0576 e. The van der Waals surface area contributed by atoms with E-state index in [1.165, 1.54) is 32.1 Å². The third-order valence-electron chi connectivity index (χ3n) is 2.99. The van der Waals surface area contributed by atoms with Crippen LogP contribution in [0.2, 0.25) is 0 Å². The Labute approximate surface area is 100 Å². The van der Waals surface area contributed by atoms with E-state index in [0.29, 0.717) is 12.1 Å². The molecule has 1 aliphatic heterocycles. The van der Waals surface area contributed by atoms with Crippen LogP contribution in [0.25, 0.3) is 0 Å². The quantitative estimate of drug-likeness (QED) is 0.592. The van der Waals surface area contributed by atoms with E-state index in [2.05, 4.69) is 24.5 Å². The van der Waals surface area contributed by atoms with Crippen LogP contribution in [0.5, 0.6) is 0 Å². The van der Waals surface area contributed by atoms with Gasteiger partial charge in [0.15, 0.2) is 0 Å². The summed E-state index contributed by atoms with van der Waals surface area (Å²) in [4.78, 5) is 0. The molecule has 1 heterocycles. The SMILES string of the molecule is CC(C)NCCCNCCCC1CCCO1. The number of nitrogens with one attached hydrogen (secondary N) is 2. The Morgan fingerprint density at radius 3 is 2.69 bits per heavy atom. The maximum absolute atomic E-state index is 5.59. The summed E-state index contributed by atoms with van der Waals surface area (Å²) in [5, 5.41) is 6.91. The summed E-state index contributed by atoms with van der Waals surface area (Å²) in [6, 6.07) is 0.611. The fourth-order valence-electron chi connectivity index (χ4n) is 2.06. The summed E-state index contributed by atoms with van der Waals surface area (Å²) in [7, 11) is 0. The van der Waals surface area contributed by atoms with Gasteiger partial charge in [-0.05, 0) is 51.7 Å². The summed E-state index contributed by atoms with van der Waals surface area (Å²) >= 11 is 0. The molecule has 1 aliphatic rings. The second kappa shape index (κ2) is 8.97. The summed E-state index contributed by atoms with van der Waals surface area (Å²) in [6.07, 6.45) is 6.80. The van der Waals surface area contributed by atoms with Gasteiger partial charge in [-0.25, -0.2) is 0 Å². The molecule has 1 unspecified atom stereocenters. The van der Waals surface area contributed by atoms with Crippen LogP contribution in [-0.4, -0.2) is 38.4 Å². The van der Waals surface area contributed by atoms with Crippen molar-refractivity contribution in [2.75, 3.05) is 26.2 Å². The van der Waals surface area contributed by atoms with Crippen LogP contribution in [0.3, 0.4) is 0 Å². The first-order chi connectivity index (χ1) is 7.79. The molecule has 1 fully saturated rings. The van der Waals surface area contributed by atoms with E-state index in [9.17, 15) is 0 Å². The van der Waals surface area contributed by atoms with E-state index in [1.54, 1.807) is 0 Å². The molecule has 0 radical (unpaired) electrons. The Balaban J connectivity index is 1.74. The van der Waals surface area contributed by atoms with Crippen molar-refractivity contribution in [2.24, 2.45) is 0 Å². The van der Waals surface area contributed by atoms with Gasteiger partial charge in [0.1, 0.15) is 0 Å². The number of rotatable bonds is 9. The van der Waals surface area contributed by atoms with Crippen molar-refractivity contribution >= 4 is 0 Å². The summed E-state index contributed by atoms with van der Waals surface area (Å²) in [5.74, 6) is 0. The predicted molar refractivity (Wildman–Crippen MR) is 68.8 cm³/mol. The van der Waals surface area contributed by atoms with E-state index in [-0.39, 0.29) is 0 Å². The molecular formula is C13H28N2O. The van der Waals surface area contributed by atoms with Crippen LogP contribution < -0.4 is 10.6 Å². The molecule has 0 aromatic heterocycles. The van der Waals surface area contributed by atoms with Crippen LogP contribution in [0.15, 0.2) is 0 Å². The molecule has 0 aromatic carbocycles. The largest absolute Gasteiger partial charge is 0.378 e. The van der Waals surface area contributed by atoms with Gasteiger partial charge in [0.2, 0.25) is 0 Å². The number of hydrogen-bond acceptors (Lipinski definition) is 3. The van der Waals surface area contributed by atoms with E-state index in [1.807, 2.05) is 0 Å². The molecule has 2 N–H and O–H groups in total. The minimum Gasteiger partial charge on any atom is -0.378 e. The lowest BCUT2D eigenvalue weighted by molar-refractivity contribution is 0.102. The van der Waals surface area contributed by atoms with Gasteiger partial charge >= 0.3 is 0 Å². The molecule has 1 saturated heterocycles. The first-order valence-corrected chi connectivity index (χ1v) is 6.84. The zero-order valence-corrected chi connectivity index (χ0v) is 10.9. The minimum atomic E-state index is 0.560. The molecule has 96 valence electrons. The lowest BCUT2D eigenvalue weighted by Crippen LogP contribution is -2.27. The molecule has 1 atom stereocenters. The lowest BCUT2D eigenvalue weighted by Gasteiger charge is -2.10. The Bertz CT molecular complexity index is 156. The molecule has 3 heteroatoms. The van der Waals surface area contributed by atoms with Crippen LogP contribution in [-0.2, 0) is 4.74 Å². The predicted octanol–water partition coefficient (Wildman–Crippen LogP) is 1.92. The van der Waals surface area contributed by atoms with Crippen molar-refractivity contribution in [3.8, 4) is 0 Å². The van der Waals surface area contributed by atoms with Gasteiger partial charge in [0, 0.05) is 12.6 Å². The monoisotopic (exact) mass is 228 g/mol. The second-order valence-electron chi connectivity index (χ2n) is 4.99. The average molecular weight is 228 g/mol. The molecular weight excluding hydrogens is 200 g/mol. The summed E-state index contributed by atoms with van der Waals surface area (Å²) < 4.78 is 5.59. The first-order valence-electron chi connectivity index (χ1n) is 6.84. The van der Waals surface area contributed by atoms with Crippen molar-refractivity contribution < 1.29 is 4.74 Å². The van der Waals surface area contributed by atoms with Gasteiger partial charge in [0.25, 0.3) is 0 Å². The standard InChI is InChI=1S/C13H28N2O/c1-12(2)15-10-5-9-14-8-3-6-13-7-4-11-16-13/h12-15H,3-11H2,1-2H3. The summed E-state index contributed by atoms with van der Waals surface area (Å²) in [6.45, 7) is 8.76. The zero-order chi connectivity index (χ0) is 11.6. The maximum Gasteiger partial charge on any atom is 0.0576 e. The Hall–Kier alpha value is -0.120. The van der Waals surface area contributed by atoms with E-state index >= 15 is 0 Å². The molecule has 0 saturated carbocycles. The zero-order valence-electron chi connectivity index (χ0n) is 10.9. The fourth-order valence-corrected chi connectivity index (χ4v) is 2.06. The highest BCUT2D eigenvalue weighted by Crippen LogP contribution is 2.16. The topological polar surface area (TPSA) is 33.3 Å². The van der Waals surface area contributed by atoms with Crippen molar-refractivity contribution in [1.29, 1.82) is 0 Å². The third-order valence-corrected chi connectivity index (χ3v) is 2.99. The molecule has 0 aromatic rings. The summed E-state index contributed by atoms with van der Waals surface area (Å²) in [5.41, 5.74) is 0. The molecule has 0 aliphatic carbocycles. The maximum atomic E-state index is 5.59. The molecule has 0 amide bonds. The molecule has 16 heavy (non-hydrogen) atoms. The molecule has 0 bridgehead atoms. The van der Waals surface area contributed by atoms with Crippen molar-refractivity contribution in [3.05, 3.63) is 0 Å². The van der Waals surface area contributed by atoms with E-state index < -0.39 is 0 Å². The van der Waals surface area contributed by atoms with E-state index in [0.717, 1.165) is 26.2 Å². The normalized spacial score (nSPS) is 20.8. The minimum absolute atomic E-state index is 0.560. The average Bonchev–Trinajstić information content (AvgIpc) is 2.74. The van der Waals surface area contributed by atoms with Crippen LogP contribution >= 0.6 is 0 Å². The van der Waals surface area contributed by atoms with Crippen LogP contribution in [0.4, 0.5) is 0 Å². The number of ether oxygens (including phenoxy) is 1. The van der Waals surface area contributed by atoms with Crippen molar-refractivity contribution in [2.45, 2.75) is 58.1 Å². The van der Waals surface area contributed by atoms with Crippen LogP contribution in [0.1, 0.15) is 46.0 Å². The van der Waals surface area contributed by atoms with Crippen molar-refractivity contribution in [1.82, 2.24) is 10.6 Å². The number of hydrogen-bond donors (Lipinski definition) is 2. The lowest BCUT2D eigenvalue weighted by atomic mass is 10.1. The third kappa shape index (κ3) is 7.20. The Kier molecular flexibility index (Phi) is 7.81. The molecule has 0 spiro atoms. The Morgan fingerprint density at radius 2 is 2.00 bits per heavy atom. The highest BCUT2D eigenvalue weighted by atomic mass is 16.5. The highest BCUT2D eigenvalue weighted by Gasteiger charge is 2.13. The van der Waals surface area contributed by atoms with Gasteiger partial charge in [-0.15, -0.1) is 0 Å². The van der Waals surface area contributed by atoms with Crippen LogP contribution in [0, 0.1) is 0 Å². The molecule has 1 rings (SSSR count). The second-order valence-corrected chi connectivity index (χ2v) is 4.99. The highest BCUT2D eigenvalue weighted by molar-refractivity contribution is 4.65. The van der Waals surface area contributed by atoms with Gasteiger partial charge in [-0.3, -0.25) is 0 Å². The fraction of sp³-hybridized carbons (Fsp3) is 1.00.